The van der Waals surface area contributed by atoms with E-state index in [2.05, 4.69) is 57.7 Å². The lowest BCUT2D eigenvalue weighted by Gasteiger charge is -2.46. The van der Waals surface area contributed by atoms with E-state index in [1.54, 1.807) is 18.7 Å². The topological polar surface area (TPSA) is 74.8 Å². The molecule has 0 radical (unpaired) electrons. The molecule has 1 atom stereocenters. The van der Waals surface area contributed by atoms with E-state index >= 15 is 0 Å². The number of nitrogens with one attached hydrogen (secondary N) is 1. The van der Waals surface area contributed by atoms with Crippen molar-refractivity contribution in [1.82, 2.24) is 24.8 Å². The number of unbranched alkanes of at least 4 members (excludes halogenated alkanes) is 1. The van der Waals surface area contributed by atoms with Crippen LogP contribution in [0.5, 0.6) is 0 Å². The van der Waals surface area contributed by atoms with Crippen LogP contribution in [0.4, 0.5) is 0 Å². The highest BCUT2D eigenvalue weighted by atomic mass is 16.2. The van der Waals surface area contributed by atoms with Crippen LogP contribution in [0.1, 0.15) is 55.1 Å². The number of nitrogens with zero attached hydrogens (tertiary/aromatic N) is 4. The molecule has 1 N–H and O–H groups in total. The van der Waals surface area contributed by atoms with Gasteiger partial charge in [0.25, 0.3) is 5.91 Å². The summed E-state index contributed by atoms with van der Waals surface area (Å²) < 4.78 is 0. The Morgan fingerprint density at radius 2 is 1.81 bits per heavy atom. The average Bonchev–Trinajstić information content (AvgIpc) is 3.25. The smallest absolute Gasteiger partial charge is 0.254 e. The van der Waals surface area contributed by atoms with Gasteiger partial charge < -0.3 is 9.88 Å². The van der Waals surface area contributed by atoms with Crippen molar-refractivity contribution in [1.29, 1.82) is 0 Å². The van der Waals surface area contributed by atoms with Crippen LogP contribution in [-0.2, 0) is 12.8 Å². The Morgan fingerprint density at radius 1 is 1.06 bits per heavy atom. The van der Waals surface area contributed by atoms with E-state index in [0.717, 1.165) is 54.3 Å². The van der Waals surface area contributed by atoms with Crippen LogP contribution in [0.15, 0.2) is 49.1 Å². The second-order valence-electron chi connectivity index (χ2n) is 9.54. The van der Waals surface area contributed by atoms with Crippen molar-refractivity contribution in [2.75, 3.05) is 6.54 Å². The van der Waals surface area contributed by atoms with Crippen LogP contribution >= 0.6 is 0 Å². The van der Waals surface area contributed by atoms with Crippen LogP contribution < -0.4 is 0 Å². The standard InChI is InChI=1S/C26H29N5O/c1-4-5-10-31(25(32)17-6-7-20-21(11-17)30-16-29-20)24-14-18-12-22-23(28-9-8-27-22)13-19(18)15-26(24,2)3/h6-9,11-13,16,24H,4-5,10,14-15H2,1-3H3,(H,29,30)/t24-/m1/s1. The Morgan fingerprint density at radius 3 is 2.56 bits per heavy atom. The molecule has 4 aromatic rings. The molecule has 0 bridgehead atoms. The third-order valence-corrected chi connectivity index (χ3v) is 6.81. The van der Waals surface area contributed by atoms with Crippen molar-refractivity contribution < 1.29 is 4.79 Å². The Kier molecular flexibility index (Phi) is 5.16. The number of carbonyl (C=O) groups is 1. The van der Waals surface area contributed by atoms with Crippen molar-refractivity contribution in [2.45, 2.75) is 52.5 Å². The molecule has 32 heavy (non-hydrogen) atoms. The fourth-order valence-electron chi connectivity index (χ4n) is 5.04. The molecule has 2 aromatic heterocycles. The van der Waals surface area contributed by atoms with Crippen molar-refractivity contribution in [3.05, 3.63) is 65.7 Å². The second-order valence-corrected chi connectivity index (χ2v) is 9.54. The largest absolute Gasteiger partial charge is 0.345 e. The fraction of sp³-hybridized carbons (Fsp3) is 0.385. The summed E-state index contributed by atoms with van der Waals surface area (Å²) in [6.07, 6.45) is 8.93. The zero-order chi connectivity index (χ0) is 22.3. The summed E-state index contributed by atoms with van der Waals surface area (Å²) >= 11 is 0. The minimum absolute atomic E-state index is 0.0512. The van der Waals surface area contributed by atoms with Gasteiger partial charge in [0, 0.05) is 30.5 Å². The van der Waals surface area contributed by atoms with Crippen molar-refractivity contribution in [3.63, 3.8) is 0 Å². The Balaban J connectivity index is 1.53. The zero-order valence-electron chi connectivity index (χ0n) is 18.9. The number of rotatable bonds is 5. The molecule has 0 aliphatic heterocycles. The maximum atomic E-state index is 13.8. The molecule has 6 nitrogen and oxygen atoms in total. The normalized spacial score (nSPS) is 17.4. The van der Waals surface area contributed by atoms with Crippen LogP contribution in [-0.4, -0.2) is 43.3 Å². The molecular weight excluding hydrogens is 398 g/mol. The summed E-state index contributed by atoms with van der Waals surface area (Å²) in [6.45, 7) is 7.50. The van der Waals surface area contributed by atoms with Crippen molar-refractivity contribution in [3.8, 4) is 0 Å². The van der Waals surface area contributed by atoms with Crippen molar-refractivity contribution >= 4 is 28.0 Å². The molecule has 0 fully saturated rings. The fourth-order valence-corrected chi connectivity index (χ4v) is 5.04. The summed E-state index contributed by atoms with van der Waals surface area (Å²) in [5.74, 6) is 0.0945. The molecule has 5 rings (SSSR count). The van der Waals surface area contributed by atoms with Crippen molar-refractivity contribution in [2.24, 2.45) is 5.41 Å². The molecule has 2 heterocycles. The highest BCUT2D eigenvalue weighted by Crippen LogP contribution is 2.39. The molecule has 1 aliphatic carbocycles. The summed E-state index contributed by atoms with van der Waals surface area (Å²) in [5.41, 5.74) is 6.88. The van der Waals surface area contributed by atoms with Crippen LogP contribution in [0, 0.1) is 5.41 Å². The first-order chi connectivity index (χ1) is 15.5. The number of amides is 1. The maximum absolute atomic E-state index is 13.8. The summed E-state index contributed by atoms with van der Waals surface area (Å²) in [7, 11) is 0. The summed E-state index contributed by atoms with van der Waals surface area (Å²) in [5, 5.41) is 0. The third kappa shape index (κ3) is 3.64. The SMILES string of the molecule is CCCCN(C(=O)c1ccc2nc[nH]c2c1)[C@@H]1Cc2cc3nccnc3cc2CC1(C)C. The van der Waals surface area contributed by atoms with Gasteiger partial charge in [0.1, 0.15) is 0 Å². The molecule has 1 amide bonds. The van der Waals surface area contributed by atoms with E-state index in [9.17, 15) is 4.79 Å². The third-order valence-electron chi connectivity index (χ3n) is 6.81. The number of aromatic nitrogens is 4. The number of aromatic amines is 1. The first-order valence-electron chi connectivity index (χ1n) is 11.4. The molecule has 6 heteroatoms. The van der Waals surface area contributed by atoms with E-state index in [-0.39, 0.29) is 17.4 Å². The quantitative estimate of drug-likeness (QED) is 0.489. The predicted molar refractivity (Wildman–Crippen MR) is 127 cm³/mol. The zero-order valence-corrected chi connectivity index (χ0v) is 18.9. The molecule has 0 spiro atoms. The first-order valence-corrected chi connectivity index (χ1v) is 11.4. The predicted octanol–water partition coefficient (Wildman–Crippen LogP) is 4.94. The summed E-state index contributed by atoms with van der Waals surface area (Å²) in [4.78, 5) is 32.3. The number of hydrogen-bond donors (Lipinski definition) is 1. The Hall–Kier alpha value is -3.28. The van der Waals surface area contributed by atoms with Gasteiger partial charge in [0.2, 0.25) is 0 Å². The highest BCUT2D eigenvalue weighted by molar-refractivity contribution is 5.97. The molecule has 164 valence electrons. The lowest BCUT2D eigenvalue weighted by molar-refractivity contribution is 0.0452. The molecule has 2 aromatic carbocycles. The van der Waals surface area contributed by atoms with Crippen LogP contribution in [0.3, 0.4) is 0 Å². The highest BCUT2D eigenvalue weighted by Gasteiger charge is 2.40. The van der Waals surface area contributed by atoms with Gasteiger partial charge in [0.15, 0.2) is 0 Å². The Labute approximate surface area is 188 Å². The van der Waals surface area contributed by atoms with Gasteiger partial charge in [-0.15, -0.1) is 0 Å². The van der Waals surface area contributed by atoms with Crippen LogP contribution in [0.2, 0.25) is 0 Å². The van der Waals surface area contributed by atoms with E-state index in [1.807, 2.05) is 18.2 Å². The lowest BCUT2D eigenvalue weighted by atomic mass is 9.69. The van der Waals surface area contributed by atoms with E-state index in [0.29, 0.717) is 5.56 Å². The van der Waals surface area contributed by atoms with E-state index < -0.39 is 0 Å². The van der Waals surface area contributed by atoms with Crippen LogP contribution in [0.25, 0.3) is 22.1 Å². The van der Waals surface area contributed by atoms with Gasteiger partial charge >= 0.3 is 0 Å². The maximum Gasteiger partial charge on any atom is 0.254 e. The average molecular weight is 428 g/mol. The molecule has 0 saturated carbocycles. The number of fused-ring (bicyclic) bond motifs is 3. The van der Waals surface area contributed by atoms with Gasteiger partial charge in [-0.25, -0.2) is 4.98 Å². The molecule has 1 aliphatic rings. The number of hydrogen-bond acceptors (Lipinski definition) is 4. The number of H-pyrrole nitrogens is 1. The number of carbonyl (C=O) groups excluding carboxylic acids is 1. The van der Waals surface area contributed by atoms with Gasteiger partial charge in [-0.3, -0.25) is 14.8 Å². The molecular formula is C26H29N5O. The first kappa shape index (κ1) is 20.6. The minimum Gasteiger partial charge on any atom is -0.345 e. The monoisotopic (exact) mass is 427 g/mol. The molecule has 0 unspecified atom stereocenters. The van der Waals surface area contributed by atoms with Gasteiger partial charge in [-0.05, 0) is 66.1 Å². The minimum atomic E-state index is -0.0512. The second kappa shape index (κ2) is 8.01. The van der Waals surface area contributed by atoms with Gasteiger partial charge in [-0.2, -0.15) is 0 Å². The van der Waals surface area contributed by atoms with Gasteiger partial charge in [0.05, 0.1) is 28.4 Å². The van der Waals surface area contributed by atoms with Gasteiger partial charge in [-0.1, -0.05) is 27.2 Å². The summed E-state index contributed by atoms with van der Waals surface area (Å²) in [6, 6.07) is 10.2. The number of imidazole rings is 1. The molecule has 0 saturated heterocycles. The lowest BCUT2D eigenvalue weighted by Crippen LogP contribution is -2.52. The Bertz CT molecular complexity index is 1290. The number of benzene rings is 2. The van der Waals surface area contributed by atoms with E-state index in [1.165, 1.54) is 11.1 Å². The van der Waals surface area contributed by atoms with E-state index in [4.69, 9.17) is 0 Å².